The molecule has 0 aliphatic rings. The Labute approximate surface area is 122 Å². The summed E-state index contributed by atoms with van der Waals surface area (Å²) in [6.45, 7) is 4.28. The Kier molecular flexibility index (Phi) is 4.66. The van der Waals surface area contributed by atoms with E-state index in [-0.39, 0.29) is 0 Å². The number of hydrogen-bond donors (Lipinski definition) is 1. The summed E-state index contributed by atoms with van der Waals surface area (Å²) in [5.74, 6) is 1.24. The predicted molar refractivity (Wildman–Crippen MR) is 81.2 cm³/mol. The van der Waals surface area contributed by atoms with Crippen LogP contribution in [0.1, 0.15) is 25.3 Å². The second-order valence-corrected chi connectivity index (χ2v) is 5.90. The number of rotatable bonds is 4. The highest BCUT2D eigenvalue weighted by atomic mass is 35.5. The van der Waals surface area contributed by atoms with Gasteiger partial charge in [0.2, 0.25) is 0 Å². The first kappa shape index (κ1) is 14.2. The second-order valence-electron chi connectivity index (χ2n) is 4.41. The van der Waals surface area contributed by atoms with Crippen molar-refractivity contribution in [2.24, 2.45) is 0 Å². The van der Waals surface area contributed by atoms with Crippen LogP contribution in [-0.2, 0) is 0 Å². The Bertz CT molecular complexity index is 572. The quantitative estimate of drug-likeness (QED) is 0.845. The van der Waals surface area contributed by atoms with Gasteiger partial charge in [0.25, 0.3) is 0 Å². The van der Waals surface area contributed by atoms with Gasteiger partial charge in [-0.25, -0.2) is 9.97 Å². The molecule has 1 aromatic carbocycles. The molecule has 2 rings (SSSR count). The molecule has 0 bridgehead atoms. The van der Waals surface area contributed by atoms with Crippen LogP contribution in [0, 0.1) is 0 Å². The topological polar surface area (TPSA) is 37.8 Å². The maximum atomic E-state index is 6.01. The van der Waals surface area contributed by atoms with Crippen LogP contribution in [0.15, 0.2) is 40.5 Å². The van der Waals surface area contributed by atoms with Gasteiger partial charge in [0, 0.05) is 22.5 Å². The van der Waals surface area contributed by atoms with E-state index < -0.39 is 0 Å². The number of nitrogens with one attached hydrogen (secondary N) is 1. The van der Waals surface area contributed by atoms with Crippen LogP contribution in [-0.4, -0.2) is 17.0 Å². The van der Waals surface area contributed by atoms with Crippen molar-refractivity contribution in [1.29, 1.82) is 0 Å². The molecular formula is C14H16ClN3S. The van der Waals surface area contributed by atoms with Crippen LogP contribution in [0.2, 0.25) is 5.02 Å². The first-order valence-electron chi connectivity index (χ1n) is 6.08. The van der Waals surface area contributed by atoms with Crippen molar-refractivity contribution in [1.82, 2.24) is 9.97 Å². The Morgan fingerprint density at radius 2 is 2.05 bits per heavy atom. The number of halogens is 1. The summed E-state index contributed by atoms with van der Waals surface area (Å²) in [5, 5.41) is 4.83. The molecule has 1 heterocycles. The Hall–Kier alpha value is -1.26. The third-order valence-electron chi connectivity index (χ3n) is 2.67. The number of nitrogens with zero attached hydrogens (tertiary/aromatic N) is 2. The van der Waals surface area contributed by atoms with Crippen LogP contribution in [0.5, 0.6) is 0 Å². The lowest BCUT2D eigenvalue weighted by molar-refractivity contribution is 0.806. The number of aromatic nitrogens is 2. The Morgan fingerprint density at radius 3 is 2.68 bits per heavy atom. The first-order chi connectivity index (χ1) is 9.11. The molecule has 1 N–H and O–H groups in total. The summed E-state index contributed by atoms with van der Waals surface area (Å²) >= 11 is 7.62. The lowest BCUT2D eigenvalue weighted by Crippen LogP contribution is -2.03. The largest absolute Gasteiger partial charge is 0.373 e. The third-order valence-corrected chi connectivity index (χ3v) is 3.92. The molecule has 0 aliphatic carbocycles. The minimum atomic E-state index is 0.352. The molecule has 1 aromatic heterocycles. The van der Waals surface area contributed by atoms with E-state index in [2.05, 4.69) is 29.1 Å². The lowest BCUT2D eigenvalue weighted by atomic mass is 10.1. The fourth-order valence-corrected chi connectivity index (χ4v) is 3.18. The Morgan fingerprint density at radius 1 is 1.26 bits per heavy atom. The highest BCUT2D eigenvalue weighted by Gasteiger charge is 2.15. The van der Waals surface area contributed by atoms with E-state index >= 15 is 0 Å². The average molecular weight is 294 g/mol. The highest BCUT2D eigenvalue weighted by Crippen LogP contribution is 2.35. The van der Waals surface area contributed by atoms with Gasteiger partial charge < -0.3 is 5.32 Å². The van der Waals surface area contributed by atoms with Crippen LogP contribution >= 0.6 is 23.4 Å². The summed E-state index contributed by atoms with van der Waals surface area (Å²) < 4.78 is 0. The van der Waals surface area contributed by atoms with E-state index in [1.54, 1.807) is 18.1 Å². The molecule has 0 aliphatic heterocycles. The standard InChI is InChI=1S/C14H16ClN3S/c1-9(2)12-13(16-3)17-8-18-14(12)19-11-6-4-5-10(15)7-11/h4-9H,1-3H3,(H,16,17,18). The fraction of sp³-hybridized carbons (Fsp3) is 0.286. The van der Waals surface area contributed by atoms with Crippen LogP contribution < -0.4 is 5.32 Å². The lowest BCUT2D eigenvalue weighted by Gasteiger charge is -2.15. The van der Waals surface area contributed by atoms with Crippen LogP contribution in [0.25, 0.3) is 0 Å². The number of benzene rings is 1. The molecule has 0 fully saturated rings. The third kappa shape index (κ3) is 3.39. The summed E-state index contributed by atoms with van der Waals surface area (Å²) in [5.41, 5.74) is 1.13. The van der Waals surface area contributed by atoms with Crippen LogP contribution in [0.3, 0.4) is 0 Å². The highest BCUT2D eigenvalue weighted by molar-refractivity contribution is 7.99. The Balaban J connectivity index is 2.39. The minimum Gasteiger partial charge on any atom is -0.373 e. The predicted octanol–water partition coefficient (Wildman–Crippen LogP) is 4.45. The van der Waals surface area contributed by atoms with Crippen molar-refractivity contribution in [2.75, 3.05) is 12.4 Å². The molecule has 0 amide bonds. The molecule has 0 unspecified atom stereocenters. The van der Waals surface area contributed by atoms with Crippen molar-refractivity contribution in [3.63, 3.8) is 0 Å². The zero-order valence-electron chi connectivity index (χ0n) is 11.1. The normalized spacial score (nSPS) is 10.8. The van der Waals surface area contributed by atoms with Gasteiger partial charge in [-0.3, -0.25) is 0 Å². The molecule has 0 saturated heterocycles. The van der Waals surface area contributed by atoms with E-state index in [0.29, 0.717) is 5.92 Å². The molecule has 0 saturated carbocycles. The molecule has 100 valence electrons. The van der Waals surface area contributed by atoms with Crippen molar-refractivity contribution >= 4 is 29.2 Å². The SMILES string of the molecule is CNc1ncnc(Sc2cccc(Cl)c2)c1C(C)C. The van der Waals surface area contributed by atoms with Crippen LogP contribution in [0.4, 0.5) is 5.82 Å². The van der Waals surface area contributed by atoms with Gasteiger partial charge in [-0.15, -0.1) is 0 Å². The van der Waals surface area contributed by atoms with Crippen molar-refractivity contribution in [2.45, 2.75) is 29.7 Å². The summed E-state index contributed by atoms with van der Waals surface area (Å²) in [6.07, 6.45) is 1.59. The maximum absolute atomic E-state index is 6.01. The van der Waals surface area contributed by atoms with Gasteiger partial charge in [-0.05, 0) is 24.1 Å². The van der Waals surface area contributed by atoms with Crippen molar-refractivity contribution < 1.29 is 0 Å². The van der Waals surface area contributed by atoms with E-state index in [1.165, 1.54) is 0 Å². The van der Waals surface area contributed by atoms with E-state index in [1.807, 2.05) is 31.3 Å². The van der Waals surface area contributed by atoms with Crippen molar-refractivity contribution in [3.05, 3.63) is 41.2 Å². The monoisotopic (exact) mass is 293 g/mol. The molecular weight excluding hydrogens is 278 g/mol. The molecule has 2 aromatic rings. The summed E-state index contributed by atoms with van der Waals surface area (Å²) in [7, 11) is 1.88. The fourth-order valence-electron chi connectivity index (χ4n) is 1.82. The van der Waals surface area contributed by atoms with Gasteiger partial charge >= 0.3 is 0 Å². The van der Waals surface area contributed by atoms with E-state index in [0.717, 1.165) is 26.3 Å². The van der Waals surface area contributed by atoms with Gasteiger partial charge in [-0.1, -0.05) is 43.3 Å². The number of anilines is 1. The minimum absolute atomic E-state index is 0.352. The van der Waals surface area contributed by atoms with Gasteiger partial charge in [-0.2, -0.15) is 0 Å². The average Bonchev–Trinajstić information content (AvgIpc) is 2.38. The zero-order chi connectivity index (χ0) is 13.8. The molecule has 0 spiro atoms. The molecule has 3 nitrogen and oxygen atoms in total. The summed E-state index contributed by atoms with van der Waals surface area (Å²) in [4.78, 5) is 9.76. The molecule has 0 atom stereocenters. The molecule has 5 heteroatoms. The van der Waals surface area contributed by atoms with Gasteiger partial charge in [0.15, 0.2) is 0 Å². The van der Waals surface area contributed by atoms with Gasteiger partial charge in [0.1, 0.15) is 17.2 Å². The smallest absolute Gasteiger partial charge is 0.133 e. The van der Waals surface area contributed by atoms with E-state index in [4.69, 9.17) is 11.6 Å². The zero-order valence-corrected chi connectivity index (χ0v) is 12.7. The van der Waals surface area contributed by atoms with Crippen molar-refractivity contribution in [3.8, 4) is 0 Å². The molecule has 0 radical (unpaired) electrons. The van der Waals surface area contributed by atoms with Gasteiger partial charge in [0.05, 0.1) is 0 Å². The van der Waals surface area contributed by atoms with E-state index in [9.17, 15) is 0 Å². The molecule has 19 heavy (non-hydrogen) atoms. The first-order valence-corrected chi connectivity index (χ1v) is 7.27. The number of hydrogen-bond acceptors (Lipinski definition) is 4. The second kappa shape index (κ2) is 6.26. The maximum Gasteiger partial charge on any atom is 0.133 e. The summed E-state index contributed by atoms with van der Waals surface area (Å²) in [6, 6.07) is 7.78.